The molecule has 0 aromatic carbocycles. The SMILES string of the molecule is CCCOC(=O)CC(CC(CC)C(=O)O)C(=O)OCCC. The van der Waals surface area contributed by atoms with Crippen LogP contribution in [-0.2, 0) is 23.9 Å². The molecule has 0 saturated carbocycles. The van der Waals surface area contributed by atoms with Crippen LogP contribution in [0.25, 0.3) is 0 Å². The predicted octanol–water partition coefficient (Wildman–Crippen LogP) is 2.40. The van der Waals surface area contributed by atoms with E-state index in [0.29, 0.717) is 25.9 Å². The summed E-state index contributed by atoms with van der Waals surface area (Å²) in [4.78, 5) is 34.7. The molecule has 0 aromatic rings. The Balaban J connectivity index is 4.70. The molecule has 0 saturated heterocycles. The molecule has 0 heterocycles. The molecular formula is C15H26O6. The molecule has 0 fully saturated rings. The molecular weight excluding hydrogens is 276 g/mol. The van der Waals surface area contributed by atoms with Gasteiger partial charge >= 0.3 is 17.9 Å². The zero-order chi connectivity index (χ0) is 16.3. The topological polar surface area (TPSA) is 89.9 Å². The molecule has 0 amide bonds. The molecule has 0 radical (unpaired) electrons. The van der Waals surface area contributed by atoms with Gasteiger partial charge in [0.25, 0.3) is 0 Å². The molecule has 2 unspecified atom stereocenters. The van der Waals surface area contributed by atoms with E-state index in [2.05, 4.69) is 0 Å². The zero-order valence-electron chi connectivity index (χ0n) is 13.1. The van der Waals surface area contributed by atoms with Crippen molar-refractivity contribution in [2.45, 2.75) is 52.9 Å². The molecule has 0 rings (SSSR count). The van der Waals surface area contributed by atoms with Crippen LogP contribution >= 0.6 is 0 Å². The second-order valence-corrected chi connectivity index (χ2v) is 4.97. The van der Waals surface area contributed by atoms with Gasteiger partial charge in [-0.25, -0.2) is 0 Å². The molecule has 0 spiro atoms. The summed E-state index contributed by atoms with van der Waals surface area (Å²) < 4.78 is 10.0. The van der Waals surface area contributed by atoms with Crippen LogP contribution in [-0.4, -0.2) is 36.2 Å². The van der Waals surface area contributed by atoms with Gasteiger partial charge in [-0.15, -0.1) is 0 Å². The first-order valence-electron chi connectivity index (χ1n) is 7.51. The number of aliphatic carboxylic acids is 1. The van der Waals surface area contributed by atoms with Crippen molar-refractivity contribution in [2.24, 2.45) is 11.8 Å². The van der Waals surface area contributed by atoms with Crippen LogP contribution in [0, 0.1) is 11.8 Å². The maximum Gasteiger partial charge on any atom is 0.309 e. The lowest BCUT2D eigenvalue weighted by Crippen LogP contribution is -2.27. The van der Waals surface area contributed by atoms with Gasteiger partial charge < -0.3 is 14.6 Å². The van der Waals surface area contributed by atoms with E-state index < -0.39 is 29.7 Å². The number of carboxylic acid groups (broad SMARTS) is 1. The molecule has 0 aliphatic heterocycles. The number of hydrogen-bond acceptors (Lipinski definition) is 5. The van der Waals surface area contributed by atoms with Gasteiger partial charge in [0.1, 0.15) is 0 Å². The lowest BCUT2D eigenvalue weighted by atomic mass is 9.90. The third-order valence-corrected chi connectivity index (χ3v) is 3.07. The van der Waals surface area contributed by atoms with E-state index in [-0.39, 0.29) is 19.4 Å². The molecule has 6 heteroatoms. The number of esters is 2. The summed E-state index contributed by atoms with van der Waals surface area (Å²) in [5.74, 6) is -3.40. The number of rotatable bonds is 11. The minimum atomic E-state index is -0.965. The highest BCUT2D eigenvalue weighted by Gasteiger charge is 2.29. The largest absolute Gasteiger partial charge is 0.481 e. The fourth-order valence-corrected chi connectivity index (χ4v) is 1.84. The van der Waals surface area contributed by atoms with Gasteiger partial charge in [-0.1, -0.05) is 20.8 Å². The lowest BCUT2D eigenvalue weighted by molar-refractivity contribution is -0.157. The fraction of sp³-hybridized carbons (Fsp3) is 0.800. The second-order valence-electron chi connectivity index (χ2n) is 4.97. The van der Waals surface area contributed by atoms with Crippen LogP contribution < -0.4 is 0 Å². The lowest BCUT2D eigenvalue weighted by Gasteiger charge is -2.18. The molecule has 1 N–H and O–H groups in total. The molecule has 21 heavy (non-hydrogen) atoms. The Morgan fingerprint density at radius 1 is 0.952 bits per heavy atom. The quantitative estimate of drug-likeness (QED) is 0.589. The van der Waals surface area contributed by atoms with E-state index in [1.54, 1.807) is 6.92 Å². The maximum atomic E-state index is 12.0. The van der Waals surface area contributed by atoms with E-state index >= 15 is 0 Å². The molecule has 0 bridgehead atoms. The Morgan fingerprint density at radius 3 is 2.00 bits per heavy atom. The first kappa shape index (κ1) is 19.4. The second kappa shape index (κ2) is 11.1. The van der Waals surface area contributed by atoms with Crippen LogP contribution in [0.5, 0.6) is 0 Å². The van der Waals surface area contributed by atoms with Crippen LogP contribution in [0.3, 0.4) is 0 Å². The number of carbonyl (C=O) groups excluding carboxylic acids is 2. The summed E-state index contributed by atoms with van der Waals surface area (Å²) in [5.41, 5.74) is 0. The smallest absolute Gasteiger partial charge is 0.309 e. The van der Waals surface area contributed by atoms with Crippen molar-refractivity contribution in [1.29, 1.82) is 0 Å². The van der Waals surface area contributed by atoms with Crippen LogP contribution in [0.1, 0.15) is 52.9 Å². The number of ether oxygens (including phenoxy) is 2. The predicted molar refractivity (Wildman–Crippen MR) is 76.6 cm³/mol. The highest BCUT2D eigenvalue weighted by atomic mass is 16.5. The average molecular weight is 302 g/mol. The Labute approximate surface area is 125 Å². The molecule has 0 aromatic heterocycles. The third-order valence-electron chi connectivity index (χ3n) is 3.07. The van der Waals surface area contributed by atoms with Crippen LogP contribution in [0.4, 0.5) is 0 Å². The summed E-state index contributed by atoms with van der Waals surface area (Å²) in [5, 5.41) is 9.09. The standard InChI is InChI=1S/C15H26O6/c1-4-7-20-13(16)10-12(15(19)21-8-5-2)9-11(6-3)14(17)18/h11-12H,4-10H2,1-3H3,(H,17,18). The molecule has 6 nitrogen and oxygen atoms in total. The number of carboxylic acids is 1. The fourth-order valence-electron chi connectivity index (χ4n) is 1.84. The van der Waals surface area contributed by atoms with E-state index in [0.717, 1.165) is 0 Å². The van der Waals surface area contributed by atoms with Crippen molar-refractivity contribution in [3.8, 4) is 0 Å². The first-order valence-corrected chi connectivity index (χ1v) is 7.51. The van der Waals surface area contributed by atoms with Crippen LogP contribution in [0.15, 0.2) is 0 Å². The van der Waals surface area contributed by atoms with Gasteiger partial charge in [0.05, 0.1) is 31.5 Å². The molecule has 2 atom stereocenters. The first-order chi connectivity index (χ1) is 9.96. The Hall–Kier alpha value is -1.59. The highest BCUT2D eigenvalue weighted by molar-refractivity contribution is 5.81. The highest BCUT2D eigenvalue weighted by Crippen LogP contribution is 2.21. The average Bonchev–Trinajstić information content (AvgIpc) is 2.46. The third kappa shape index (κ3) is 8.32. The number of hydrogen-bond donors (Lipinski definition) is 1. The normalized spacial score (nSPS) is 13.3. The van der Waals surface area contributed by atoms with Gasteiger partial charge in [-0.3, -0.25) is 14.4 Å². The van der Waals surface area contributed by atoms with Gasteiger partial charge in [-0.2, -0.15) is 0 Å². The van der Waals surface area contributed by atoms with Crippen molar-refractivity contribution in [3.63, 3.8) is 0 Å². The van der Waals surface area contributed by atoms with Gasteiger partial charge in [0, 0.05) is 0 Å². The van der Waals surface area contributed by atoms with Gasteiger partial charge in [0.2, 0.25) is 0 Å². The Morgan fingerprint density at radius 2 is 1.52 bits per heavy atom. The monoisotopic (exact) mass is 302 g/mol. The Bertz CT molecular complexity index is 339. The van der Waals surface area contributed by atoms with Crippen molar-refractivity contribution in [2.75, 3.05) is 13.2 Å². The summed E-state index contributed by atoms with van der Waals surface area (Å²) >= 11 is 0. The van der Waals surface area contributed by atoms with Crippen molar-refractivity contribution in [3.05, 3.63) is 0 Å². The van der Waals surface area contributed by atoms with Crippen molar-refractivity contribution < 1.29 is 29.0 Å². The van der Waals surface area contributed by atoms with Gasteiger partial charge in [0.15, 0.2) is 0 Å². The molecule has 122 valence electrons. The minimum Gasteiger partial charge on any atom is -0.481 e. The van der Waals surface area contributed by atoms with E-state index in [9.17, 15) is 14.4 Å². The van der Waals surface area contributed by atoms with Crippen LogP contribution in [0.2, 0.25) is 0 Å². The minimum absolute atomic E-state index is 0.0929. The summed E-state index contributed by atoms with van der Waals surface area (Å²) in [6, 6.07) is 0. The van der Waals surface area contributed by atoms with Crippen molar-refractivity contribution >= 4 is 17.9 Å². The zero-order valence-corrected chi connectivity index (χ0v) is 13.1. The van der Waals surface area contributed by atoms with E-state index in [1.165, 1.54) is 0 Å². The summed E-state index contributed by atoms with van der Waals surface area (Å²) in [6.45, 7) is 6.04. The molecule has 0 aliphatic carbocycles. The van der Waals surface area contributed by atoms with Gasteiger partial charge in [-0.05, 0) is 25.7 Å². The molecule has 0 aliphatic rings. The maximum absolute atomic E-state index is 12.0. The van der Waals surface area contributed by atoms with E-state index in [1.807, 2.05) is 13.8 Å². The van der Waals surface area contributed by atoms with Crippen molar-refractivity contribution in [1.82, 2.24) is 0 Å². The number of carbonyl (C=O) groups is 3. The summed E-state index contributed by atoms with van der Waals surface area (Å²) in [6.07, 6.45) is 1.73. The van der Waals surface area contributed by atoms with E-state index in [4.69, 9.17) is 14.6 Å². The Kier molecular flexibility index (Phi) is 10.3. The summed E-state index contributed by atoms with van der Waals surface area (Å²) in [7, 11) is 0.